The number of aliphatic hydroxyl groups excluding tert-OH is 1. The summed E-state index contributed by atoms with van der Waals surface area (Å²) in [6.45, 7) is 0. The molecule has 0 saturated heterocycles. The fourth-order valence-corrected chi connectivity index (χ4v) is 3.69. The lowest BCUT2D eigenvalue weighted by molar-refractivity contribution is -0.152. The summed E-state index contributed by atoms with van der Waals surface area (Å²) >= 11 is 1.70. The van der Waals surface area contributed by atoms with Crippen molar-refractivity contribution < 1.29 is 15.0 Å². The third-order valence-corrected chi connectivity index (χ3v) is 4.97. The van der Waals surface area contributed by atoms with Gasteiger partial charge in [0.15, 0.2) is 0 Å². The molecule has 0 aromatic heterocycles. The minimum atomic E-state index is -0.701. The maximum absolute atomic E-state index is 11.5. The molecule has 2 N–H and O–H groups in total. The van der Waals surface area contributed by atoms with Gasteiger partial charge in [-0.1, -0.05) is 18.2 Å². The molecule has 19 heavy (non-hydrogen) atoms. The van der Waals surface area contributed by atoms with E-state index in [1.807, 2.05) is 30.3 Å². The highest BCUT2D eigenvalue weighted by molar-refractivity contribution is 7.99. The van der Waals surface area contributed by atoms with E-state index in [2.05, 4.69) is 0 Å². The van der Waals surface area contributed by atoms with Crippen LogP contribution in [0.1, 0.15) is 32.1 Å². The molecule has 4 heteroatoms. The van der Waals surface area contributed by atoms with Crippen LogP contribution in [-0.2, 0) is 4.79 Å². The Morgan fingerprint density at radius 2 is 1.89 bits per heavy atom. The summed E-state index contributed by atoms with van der Waals surface area (Å²) in [4.78, 5) is 12.7. The average Bonchev–Trinajstić information content (AvgIpc) is 2.42. The van der Waals surface area contributed by atoms with E-state index < -0.39 is 11.4 Å². The topological polar surface area (TPSA) is 57.5 Å². The fraction of sp³-hybridized carbons (Fsp3) is 0.533. The third kappa shape index (κ3) is 3.74. The van der Waals surface area contributed by atoms with E-state index >= 15 is 0 Å². The molecule has 0 spiro atoms. The van der Waals surface area contributed by atoms with Crippen LogP contribution >= 0.6 is 11.8 Å². The Bertz CT molecular complexity index is 411. The minimum Gasteiger partial charge on any atom is -0.481 e. The van der Waals surface area contributed by atoms with Crippen LogP contribution in [0.3, 0.4) is 0 Å². The normalized spacial score (nSPS) is 27.1. The van der Waals surface area contributed by atoms with Crippen molar-refractivity contribution in [3.63, 3.8) is 0 Å². The quantitative estimate of drug-likeness (QED) is 0.813. The summed E-state index contributed by atoms with van der Waals surface area (Å²) in [5.74, 6) is 0.111. The molecular weight excluding hydrogens is 260 g/mol. The molecule has 1 aliphatic carbocycles. The van der Waals surface area contributed by atoms with Crippen LogP contribution in [0, 0.1) is 5.41 Å². The second-order valence-electron chi connectivity index (χ2n) is 5.23. The number of benzene rings is 1. The number of aliphatic hydroxyl groups is 1. The van der Waals surface area contributed by atoms with Crippen molar-refractivity contribution in [1.82, 2.24) is 0 Å². The molecule has 0 atom stereocenters. The molecule has 1 aromatic carbocycles. The van der Waals surface area contributed by atoms with Gasteiger partial charge in [-0.3, -0.25) is 4.79 Å². The number of hydrogen-bond acceptors (Lipinski definition) is 3. The molecule has 1 aromatic rings. The zero-order valence-electron chi connectivity index (χ0n) is 10.9. The van der Waals surface area contributed by atoms with Crippen LogP contribution < -0.4 is 0 Å². The van der Waals surface area contributed by atoms with E-state index in [4.69, 9.17) is 0 Å². The van der Waals surface area contributed by atoms with E-state index in [9.17, 15) is 15.0 Å². The molecule has 0 bridgehead atoms. The standard InChI is InChI=1S/C15H20O3S/c16-12-6-8-15(9-7-12,14(17)18)10-11-19-13-4-2-1-3-5-13/h1-5,12,16H,6-11H2,(H,17,18). The average molecular weight is 280 g/mol. The van der Waals surface area contributed by atoms with Crippen molar-refractivity contribution in [3.8, 4) is 0 Å². The molecule has 0 unspecified atom stereocenters. The SMILES string of the molecule is O=C(O)C1(CCSc2ccccc2)CCC(O)CC1. The zero-order chi connectivity index (χ0) is 13.7. The minimum absolute atomic E-state index is 0.311. The number of carbonyl (C=O) groups is 1. The van der Waals surface area contributed by atoms with E-state index in [1.165, 1.54) is 4.90 Å². The van der Waals surface area contributed by atoms with Gasteiger partial charge in [-0.25, -0.2) is 0 Å². The van der Waals surface area contributed by atoms with Crippen molar-refractivity contribution >= 4 is 17.7 Å². The molecule has 0 aliphatic heterocycles. The second kappa shape index (κ2) is 6.44. The summed E-state index contributed by atoms with van der Waals surface area (Å²) < 4.78 is 0. The Morgan fingerprint density at radius 1 is 1.26 bits per heavy atom. The van der Waals surface area contributed by atoms with Gasteiger partial charge in [0.1, 0.15) is 0 Å². The molecule has 1 saturated carbocycles. The highest BCUT2D eigenvalue weighted by Crippen LogP contribution is 2.41. The van der Waals surface area contributed by atoms with Gasteiger partial charge in [0.25, 0.3) is 0 Å². The van der Waals surface area contributed by atoms with E-state index in [1.54, 1.807) is 11.8 Å². The Balaban J connectivity index is 1.89. The first-order chi connectivity index (χ1) is 9.12. The molecule has 0 amide bonds. The first kappa shape index (κ1) is 14.4. The highest BCUT2D eigenvalue weighted by Gasteiger charge is 2.41. The molecule has 104 valence electrons. The van der Waals surface area contributed by atoms with E-state index in [0.717, 1.165) is 5.75 Å². The van der Waals surface area contributed by atoms with Gasteiger partial charge in [0, 0.05) is 4.90 Å². The van der Waals surface area contributed by atoms with Crippen molar-refractivity contribution in [2.45, 2.75) is 43.1 Å². The predicted octanol–water partition coefficient (Wildman–Crippen LogP) is 3.17. The van der Waals surface area contributed by atoms with Gasteiger partial charge in [0.05, 0.1) is 11.5 Å². The maximum atomic E-state index is 11.5. The number of aliphatic carboxylic acids is 1. The predicted molar refractivity (Wildman–Crippen MR) is 76.3 cm³/mol. The molecule has 0 radical (unpaired) electrons. The van der Waals surface area contributed by atoms with E-state index in [0.29, 0.717) is 32.1 Å². The Morgan fingerprint density at radius 3 is 2.47 bits per heavy atom. The van der Waals surface area contributed by atoms with Crippen molar-refractivity contribution in [1.29, 1.82) is 0 Å². The lowest BCUT2D eigenvalue weighted by Crippen LogP contribution is -2.37. The molecular formula is C15H20O3S. The van der Waals surface area contributed by atoms with Crippen molar-refractivity contribution in [2.75, 3.05) is 5.75 Å². The van der Waals surface area contributed by atoms with Crippen molar-refractivity contribution in [3.05, 3.63) is 30.3 Å². The van der Waals surface area contributed by atoms with Gasteiger partial charge < -0.3 is 10.2 Å². The molecule has 3 nitrogen and oxygen atoms in total. The monoisotopic (exact) mass is 280 g/mol. The van der Waals surface area contributed by atoms with Crippen LogP contribution in [0.5, 0.6) is 0 Å². The van der Waals surface area contributed by atoms with Gasteiger partial charge >= 0.3 is 5.97 Å². The number of thioether (sulfide) groups is 1. The highest BCUT2D eigenvalue weighted by atomic mass is 32.2. The summed E-state index contributed by atoms with van der Waals surface area (Å²) in [5, 5.41) is 19.0. The Kier molecular flexibility index (Phi) is 4.88. The zero-order valence-corrected chi connectivity index (χ0v) is 11.7. The Hall–Kier alpha value is -1.00. The number of rotatable bonds is 5. The Labute approximate surface area is 118 Å². The summed E-state index contributed by atoms with van der Waals surface area (Å²) in [6, 6.07) is 10.1. The second-order valence-corrected chi connectivity index (χ2v) is 6.40. The van der Waals surface area contributed by atoms with Gasteiger partial charge in [-0.05, 0) is 50.0 Å². The van der Waals surface area contributed by atoms with Crippen LogP contribution in [0.25, 0.3) is 0 Å². The van der Waals surface area contributed by atoms with Crippen LogP contribution in [-0.4, -0.2) is 28.0 Å². The van der Waals surface area contributed by atoms with Crippen LogP contribution in [0.4, 0.5) is 0 Å². The summed E-state index contributed by atoms with van der Waals surface area (Å²) in [7, 11) is 0. The molecule has 1 fully saturated rings. The number of carboxylic acid groups (broad SMARTS) is 1. The lowest BCUT2D eigenvalue weighted by atomic mass is 9.71. The largest absolute Gasteiger partial charge is 0.481 e. The molecule has 1 aliphatic rings. The number of hydrogen-bond donors (Lipinski definition) is 2. The fourth-order valence-electron chi connectivity index (χ4n) is 2.61. The van der Waals surface area contributed by atoms with Crippen molar-refractivity contribution in [2.24, 2.45) is 5.41 Å². The van der Waals surface area contributed by atoms with Crippen LogP contribution in [0.15, 0.2) is 35.2 Å². The van der Waals surface area contributed by atoms with Gasteiger partial charge in [0.2, 0.25) is 0 Å². The molecule has 2 rings (SSSR count). The third-order valence-electron chi connectivity index (χ3n) is 3.96. The molecule has 0 heterocycles. The smallest absolute Gasteiger partial charge is 0.309 e. The van der Waals surface area contributed by atoms with Crippen LogP contribution in [0.2, 0.25) is 0 Å². The summed E-state index contributed by atoms with van der Waals surface area (Å²) in [6.07, 6.45) is 2.78. The van der Waals surface area contributed by atoms with E-state index in [-0.39, 0.29) is 6.10 Å². The number of carboxylic acids is 1. The first-order valence-corrected chi connectivity index (χ1v) is 7.70. The van der Waals surface area contributed by atoms with Gasteiger partial charge in [-0.15, -0.1) is 11.8 Å². The van der Waals surface area contributed by atoms with Gasteiger partial charge in [-0.2, -0.15) is 0 Å². The maximum Gasteiger partial charge on any atom is 0.309 e. The first-order valence-electron chi connectivity index (χ1n) is 6.72. The summed E-state index contributed by atoms with van der Waals surface area (Å²) in [5.41, 5.74) is -0.624. The lowest BCUT2D eigenvalue weighted by Gasteiger charge is -2.35.